The molecule has 0 aliphatic heterocycles. The third kappa shape index (κ3) is 4.00. The fourth-order valence-corrected chi connectivity index (χ4v) is 3.93. The predicted molar refractivity (Wildman–Crippen MR) is 106 cm³/mol. The number of hydrogen-bond acceptors (Lipinski definition) is 6. The topological polar surface area (TPSA) is 120 Å². The Morgan fingerprint density at radius 3 is 2.46 bits per heavy atom. The minimum atomic E-state index is -3.95. The normalized spacial score (nSPS) is 11.4. The van der Waals surface area contributed by atoms with Gasteiger partial charge < -0.3 is 11.1 Å². The molecule has 2 aromatic carbocycles. The first-order chi connectivity index (χ1) is 13.2. The quantitative estimate of drug-likeness (QED) is 0.655. The second kappa shape index (κ2) is 7.61. The fourth-order valence-electron chi connectivity index (χ4n) is 2.48. The van der Waals surface area contributed by atoms with Crippen LogP contribution in [0.4, 0.5) is 11.5 Å². The van der Waals surface area contributed by atoms with E-state index in [-0.39, 0.29) is 22.3 Å². The highest BCUT2D eigenvalue weighted by Gasteiger charge is 2.27. The number of carbonyl (C=O) groups excluding carboxylic acids is 1. The van der Waals surface area contributed by atoms with E-state index in [0.717, 1.165) is 15.8 Å². The fraction of sp³-hybridized carbons (Fsp3) is 0.167. The molecule has 0 saturated carbocycles. The number of nitrogen functional groups attached to an aromatic ring is 1. The molecule has 1 aromatic heterocycles. The average Bonchev–Trinajstić information content (AvgIpc) is 3.00. The lowest BCUT2D eigenvalue weighted by Gasteiger charge is -2.07. The second-order valence-corrected chi connectivity index (χ2v) is 8.54. The van der Waals surface area contributed by atoms with Crippen molar-refractivity contribution in [2.24, 2.45) is 0 Å². The number of halogens is 1. The molecule has 0 saturated heterocycles. The molecular weight excluding hydrogens is 402 g/mol. The molecule has 0 aliphatic carbocycles. The smallest absolute Gasteiger partial charge is 0.246 e. The van der Waals surface area contributed by atoms with E-state index < -0.39 is 15.7 Å². The number of sulfone groups is 1. The first kappa shape index (κ1) is 19.8. The molecule has 146 valence electrons. The zero-order chi connectivity index (χ0) is 20.5. The van der Waals surface area contributed by atoms with Crippen LogP contribution in [0, 0.1) is 13.8 Å². The summed E-state index contributed by atoms with van der Waals surface area (Å²) >= 11 is 5.80. The van der Waals surface area contributed by atoms with Crippen molar-refractivity contribution in [3.8, 4) is 0 Å². The third-order valence-electron chi connectivity index (χ3n) is 4.21. The lowest BCUT2D eigenvalue weighted by atomic mass is 10.1. The van der Waals surface area contributed by atoms with Crippen LogP contribution in [-0.4, -0.2) is 29.3 Å². The summed E-state index contributed by atoms with van der Waals surface area (Å²) in [5.41, 5.74) is 8.25. The number of amides is 1. The highest BCUT2D eigenvalue weighted by Crippen LogP contribution is 2.25. The minimum Gasteiger partial charge on any atom is -0.381 e. The van der Waals surface area contributed by atoms with Crippen LogP contribution in [0.3, 0.4) is 0 Å². The molecule has 0 spiro atoms. The van der Waals surface area contributed by atoms with Crippen molar-refractivity contribution in [3.05, 3.63) is 58.6 Å². The lowest BCUT2D eigenvalue weighted by molar-refractivity contribution is -0.116. The molecule has 28 heavy (non-hydrogen) atoms. The Labute approximate surface area is 167 Å². The number of nitrogens with one attached hydrogen (secondary N) is 1. The molecule has 0 atom stereocenters. The molecule has 3 rings (SSSR count). The predicted octanol–water partition coefficient (Wildman–Crippen LogP) is 2.60. The van der Waals surface area contributed by atoms with Gasteiger partial charge in [0.25, 0.3) is 0 Å². The summed E-state index contributed by atoms with van der Waals surface area (Å²) in [7, 11) is -3.95. The highest BCUT2D eigenvalue weighted by molar-refractivity contribution is 7.91. The summed E-state index contributed by atoms with van der Waals surface area (Å²) in [6.07, 6.45) is 0. The van der Waals surface area contributed by atoms with Crippen LogP contribution < -0.4 is 11.1 Å². The van der Waals surface area contributed by atoms with Gasteiger partial charge in [-0.05, 0) is 61.4 Å². The second-order valence-electron chi connectivity index (χ2n) is 6.24. The number of carbonyl (C=O) groups is 1. The standard InChI is InChI=1S/C18H18ClN5O3S/c1-11-3-8-15(9-12(11)2)28(26,27)18-17(20)24(23-22-18)10-16(25)21-14-6-4-13(19)5-7-14/h3-9H,10,20H2,1-2H3,(H,21,25). The van der Waals surface area contributed by atoms with Crippen molar-refractivity contribution in [1.82, 2.24) is 15.0 Å². The zero-order valence-electron chi connectivity index (χ0n) is 15.2. The largest absolute Gasteiger partial charge is 0.381 e. The summed E-state index contributed by atoms with van der Waals surface area (Å²) in [4.78, 5) is 12.3. The first-order valence-electron chi connectivity index (χ1n) is 8.25. The van der Waals surface area contributed by atoms with Gasteiger partial charge >= 0.3 is 0 Å². The number of anilines is 2. The molecule has 8 nitrogen and oxygen atoms in total. The van der Waals surface area contributed by atoms with Crippen LogP contribution in [0.5, 0.6) is 0 Å². The summed E-state index contributed by atoms with van der Waals surface area (Å²) in [5, 5.41) is 10.2. The Morgan fingerprint density at radius 2 is 1.82 bits per heavy atom. The van der Waals surface area contributed by atoms with Crippen LogP contribution >= 0.6 is 11.6 Å². The number of benzene rings is 2. The van der Waals surface area contributed by atoms with Gasteiger partial charge in [0.2, 0.25) is 20.8 Å². The van der Waals surface area contributed by atoms with E-state index in [4.69, 9.17) is 17.3 Å². The van der Waals surface area contributed by atoms with E-state index in [2.05, 4.69) is 15.6 Å². The summed E-state index contributed by atoms with van der Waals surface area (Å²) < 4.78 is 26.7. The van der Waals surface area contributed by atoms with Gasteiger partial charge in [-0.25, -0.2) is 13.1 Å². The Morgan fingerprint density at radius 1 is 1.14 bits per heavy atom. The number of aromatic nitrogens is 3. The Hall–Kier alpha value is -2.91. The van der Waals surface area contributed by atoms with Crippen LogP contribution in [0.15, 0.2) is 52.4 Å². The van der Waals surface area contributed by atoms with Crippen LogP contribution in [0.2, 0.25) is 5.02 Å². The molecule has 1 heterocycles. The molecule has 3 aromatic rings. The Balaban J connectivity index is 1.82. The van der Waals surface area contributed by atoms with E-state index in [0.29, 0.717) is 10.7 Å². The van der Waals surface area contributed by atoms with Crippen molar-refractivity contribution < 1.29 is 13.2 Å². The van der Waals surface area contributed by atoms with E-state index in [1.165, 1.54) is 6.07 Å². The van der Waals surface area contributed by atoms with E-state index in [1.54, 1.807) is 36.4 Å². The number of nitrogens with zero attached hydrogens (tertiary/aromatic N) is 3. The van der Waals surface area contributed by atoms with Crippen LogP contribution in [-0.2, 0) is 21.2 Å². The number of nitrogens with two attached hydrogens (primary N) is 1. The van der Waals surface area contributed by atoms with Gasteiger partial charge in [0, 0.05) is 10.7 Å². The lowest BCUT2D eigenvalue weighted by Crippen LogP contribution is -2.21. The van der Waals surface area contributed by atoms with Crippen molar-refractivity contribution in [2.75, 3.05) is 11.1 Å². The van der Waals surface area contributed by atoms with Gasteiger partial charge in [-0.2, -0.15) is 0 Å². The Bertz CT molecular complexity index is 1140. The molecule has 0 bridgehead atoms. The molecule has 3 N–H and O–H groups in total. The zero-order valence-corrected chi connectivity index (χ0v) is 16.8. The van der Waals surface area contributed by atoms with Crippen molar-refractivity contribution in [3.63, 3.8) is 0 Å². The summed E-state index contributed by atoms with van der Waals surface area (Å²) in [5.74, 6) is -0.640. The minimum absolute atomic E-state index is 0.0694. The molecule has 0 fully saturated rings. The van der Waals surface area contributed by atoms with Gasteiger partial charge in [0.1, 0.15) is 6.54 Å². The van der Waals surface area contributed by atoms with Crippen LogP contribution in [0.25, 0.3) is 0 Å². The number of rotatable bonds is 5. The summed E-state index contributed by atoms with van der Waals surface area (Å²) in [6, 6.07) is 11.3. The van der Waals surface area contributed by atoms with E-state index in [9.17, 15) is 13.2 Å². The molecule has 1 amide bonds. The molecule has 10 heteroatoms. The van der Waals surface area contributed by atoms with Crippen LogP contribution in [0.1, 0.15) is 11.1 Å². The van der Waals surface area contributed by atoms with Crippen molar-refractivity contribution in [2.45, 2.75) is 30.3 Å². The number of aryl methyl sites for hydroxylation is 2. The SMILES string of the molecule is Cc1ccc(S(=O)(=O)c2nnn(CC(=O)Nc3ccc(Cl)cc3)c2N)cc1C. The Kier molecular flexibility index (Phi) is 5.39. The molecule has 0 aliphatic rings. The maximum Gasteiger partial charge on any atom is 0.246 e. The van der Waals surface area contributed by atoms with E-state index in [1.807, 2.05) is 13.8 Å². The average molecular weight is 420 g/mol. The maximum absolute atomic E-state index is 12.8. The first-order valence-corrected chi connectivity index (χ1v) is 10.1. The van der Waals surface area contributed by atoms with Gasteiger partial charge in [-0.1, -0.05) is 22.9 Å². The van der Waals surface area contributed by atoms with Gasteiger partial charge in [0.05, 0.1) is 4.90 Å². The number of hydrogen-bond donors (Lipinski definition) is 2. The molecule has 0 radical (unpaired) electrons. The van der Waals surface area contributed by atoms with Gasteiger partial charge in [0.15, 0.2) is 5.82 Å². The monoisotopic (exact) mass is 419 g/mol. The van der Waals surface area contributed by atoms with Crippen molar-refractivity contribution >= 4 is 38.9 Å². The van der Waals surface area contributed by atoms with E-state index >= 15 is 0 Å². The third-order valence-corrected chi connectivity index (χ3v) is 6.13. The van der Waals surface area contributed by atoms with Gasteiger partial charge in [-0.15, -0.1) is 5.10 Å². The molecule has 0 unspecified atom stereocenters. The summed E-state index contributed by atoms with van der Waals surface area (Å²) in [6.45, 7) is 3.41. The maximum atomic E-state index is 12.8. The van der Waals surface area contributed by atoms with Crippen molar-refractivity contribution in [1.29, 1.82) is 0 Å². The molecular formula is C18H18ClN5O3S. The van der Waals surface area contributed by atoms with Gasteiger partial charge in [-0.3, -0.25) is 4.79 Å². The highest BCUT2D eigenvalue weighted by atomic mass is 35.5.